The zero-order valence-corrected chi connectivity index (χ0v) is 19.1. The molecule has 2 fully saturated rings. The molecule has 0 aromatic heterocycles. The molecule has 2 aliphatic rings. The first-order valence-electron chi connectivity index (χ1n) is 11.2. The smallest absolute Gasteiger partial charge is 0.325 e. The third-order valence-electron chi connectivity index (χ3n) is 6.73. The summed E-state index contributed by atoms with van der Waals surface area (Å²) < 4.78 is 5.15. The SMILES string of the molecule is COc1ccc(CCCNC(=O)CN2C(=O)NC3(CCC(C(C)(C)C)CC3)C2=O)cc1. The van der Waals surface area contributed by atoms with Gasteiger partial charge in [-0.2, -0.15) is 0 Å². The maximum atomic E-state index is 13.0. The van der Waals surface area contributed by atoms with E-state index in [1.165, 1.54) is 0 Å². The van der Waals surface area contributed by atoms with Crippen LogP contribution in [0.1, 0.15) is 58.4 Å². The molecule has 1 spiro atoms. The summed E-state index contributed by atoms with van der Waals surface area (Å²) in [5, 5.41) is 5.72. The topological polar surface area (TPSA) is 87.7 Å². The zero-order chi connectivity index (χ0) is 22.6. The van der Waals surface area contributed by atoms with Gasteiger partial charge in [0.15, 0.2) is 0 Å². The summed E-state index contributed by atoms with van der Waals surface area (Å²) in [5.74, 6) is 0.790. The van der Waals surface area contributed by atoms with Gasteiger partial charge in [-0.25, -0.2) is 4.79 Å². The van der Waals surface area contributed by atoms with Crippen molar-refractivity contribution in [3.63, 3.8) is 0 Å². The molecular weight excluding hydrogens is 394 g/mol. The molecule has 7 heteroatoms. The first kappa shape index (κ1) is 23.1. The van der Waals surface area contributed by atoms with Gasteiger partial charge in [0, 0.05) is 6.54 Å². The summed E-state index contributed by atoms with van der Waals surface area (Å²) in [7, 11) is 1.63. The first-order chi connectivity index (χ1) is 14.6. The number of carbonyl (C=O) groups excluding carboxylic acids is 3. The molecule has 0 radical (unpaired) electrons. The predicted molar refractivity (Wildman–Crippen MR) is 119 cm³/mol. The Balaban J connectivity index is 1.44. The molecule has 1 saturated carbocycles. The number of nitrogens with zero attached hydrogens (tertiary/aromatic N) is 1. The van der Waals surface area contributed by atoms with Crippen LogP contribution in [-0.2, 0) is 16.0 Å². The summed E-state index contributed by atoms with van der Waals surface area (Å²) in [6.07, 6.45) is 4.68. The summed E-state index contributed by atoms with van der Waals surface area (Å²) in [5.41, 5.74) is 0.531. The molecule has 0 unspecified atom stereocenters. The second-order valence-electron chi connectivity index (χ2n) is 9.85. The third kappa shape index (κ3) is 5.38. The number of ether oxygens (including phenoxy) is 1. The van der Waals surface area contributed by atoms with Gasteiger partial charge in [-0.05, 0) is 67.6 Å². The van der Waals surface area contributed by atoms with E-state index in [1.807, 2.05) is 24.3 Å². The van der Waals surface area contributed by atoms with Crippen LogP contribution >= 0.6 is 0 Å². The van der Waals surface area contributed by atoms with Gasteiger partial charge >= 0.3 is 6.03 Å². The maximum absolute atomic E-state index is 13.0. The lowest BCUT2D eigenvalue weighted by molar-refractivity contribution is -0.136. The Morgan fingerprint density at radius 1 is 1.19 bits per heavy atom. The molecule has 1 aromatic carbocycles. The van der Waals surface area contributed by atoms with E-state index in [0.717, 1.165) is 41.9 Å². The predicted octanol–water partition coefficient (Wildman–Crippen LogP) is 3.27. The Kier molecular flexibility index (Phi) is 6.92. The lowest BCUT2D eigenvalue weighted by atomic mass is 9.67. The van der Waals surface area contributed by atoms with Crippen molar-refractivity contribution in [1.82, 2.24) is 15.5 Å². The second kappa shape index (κ2) is 9.28. The van der Waals surface area contributed by atoms with Crippen molar-refractivity contribution in [3.05, 3.63) is 29.8 Å². The number of hydrogen-bond acceptors (Lipinski definition) is 4. The quantitative estimate of drug-likeness (QED) is 0.514. The van der Waals surface area contributed by atoms with Crippen LogP contribution < -0.4 is 15.4 Å². The number of carbonyl (C=O) groups is 3. The van der Waals surface area contributed by atoms with Crippen LogP contribution in [0.4, 0.5) is 4.79 Å². The molecule has 2 N–H and O–H groups in total. The third-order valence-corrected chi connectivity index (χ3v) is 6.73. The Labute approximate surface area is 184 Å². The van der Waals surface area contributed by atoms with Gasteiger partial charge in [-0.15, -0.1) is 0 Å². The normalized spacial score (nSPS) is 23.7. The fourth-order valence-corrected chi connectivity index (χ4v) is 4.65. The molecule has 3 rings (SSSR count). The molecular formula is C24H35N3O4. The highest BCUT2D eigenvalue weighted by Crippen LogP contribution is 2.43. The van der Waals surface area contributed by atoms with Crippen LogP contribution in [0.5, 0.6) is 5.75 Å². The number of hydrogen-bond donors (Lipinski definition) is 2. The van der Waals surface area contributed by atoms with Crippen LogP contribution in [-0.4, -0.2) is 48.5 Å². The summed E-state index contributed by atoms with van der Waals surface area (Å²) in [6, 6.07) is 7.38. The Bertz CT molecular complexity index is 805. The second-order valence-corrected chi connectivity index (χ2v) is 9.85. The number of amides is 4. The van der Waals surface area contributed by atoms with Crippen molar-refractivity contribution in [2.24, 2.45) is 11.3 Å². The van der Waals surface area contributed by atoms with E-state index >= 15 is 0 Å². The molecule has 170 valence electrons. The lowest BCUT2D eigenvalue weighted by Gasteiger charge is -2.40. The van der Waals surface area contributed by atoms with Crippen molar-refractivity contribution in [2.75, 3.05) is 20.2 Å². The average Bonchev–Trinajstić information content (AvgIpc) is 2.95. The number of urea groups is 1. The lowest BCUT2D eigenvalue weighted by Crippen LogP contribution is -2.51. The molecule has 1 aliphatic carbocycles. The highest BCUT2D eigenvalue weighted by Gasteiger charge is 2.53. The average molecular weight is 430 g/mol. The number of rotatable bonds is 7. The van der Waals surface area contributed by atoms with Crippen molar-refractivity contribution in [2.45, 2.75) is 64.8 Å². The van der Waals surface area contributed by atoms with Crippen LogP contribution in [0, 0.1) is 11.3 Å². The van der Waals surface area contributed by atoms with Crippen molar-refractivity contribution < 1.29 is 19.1 Å². The van der Waals surface area contributed by atoms with Crippen LogP contribution in [0.2, 0.25) is 0 Å². The zero-order valence-electron chi connectivity index (χ0n) is 19.1. The minimum Gasteiger partial charge on any atom is -0.497 e. The highest BCUT2D eigenvalue weighted by molar-refractivity contribution is 6.09. The van der Waals surface area contributed by atoms with Crippen LogP contribution in [0.25, 0.3) is 0 Å². The fraction of sp³-hybridized carbons (Fsp3) is 0.625. The number of methoxy groups -OCH3 is 1. The van der Waals surface area contributed by atoms with Gasteiger partial charge in [-0.3, -0.25) is 14.5 Å². The van der Waals surface area contributed by atoms with Crippen molar-refractivity contribution in [3.8, 4) is 5.75 Å². The molecule has 31 heavy (non-hydrogen) atoms. The maximum Gasteiger partial charge on any atom is 0.325 e. The Morgan fingerprint density at radius 3 is 2.42 bits per heavy atom. The molecule has 4 amide bonds. The van der Waals surface area contributed by atoms with E-state index in [4.69, 9.17) is 4.74 Å². The van der Waals surface area contributed by atoms with Gasteiger partial charge in [0.25, 0.3) is 5.91 Å². The van der Waals surface area contributed by atoms with E-state index in [9.17, 15) is 14.4 Å². The summed E-state index contributed by atoms with van der Waals surface area (Å²) in [6.45, 7) is 6.92. The first-order valence-corrected chi connectivity index (χ1v) is 11.2. The van der Waals surface area contributed by atoms with Gasteiger partial charge in [-0.1, -0.05) is 32.9 Å². The van der Waals surface area contributed by atoms with Gasteiger partial charge < -0.3 is 15.4 Å². The minimum absolute atomic E-state index is 0.193. The van der Waals surface area contributed by atoms with Gasteiger partial charge in [0.1, 0.15) is 17.8 Å². The molecule has 1 aromatic rings. The van der Waals surface area contributed by atoms with Gasteiger partial charge in [0.2, 0.25) is 5.91 Å². The summed E-state index contributed by atoms with van der Waals surface area (Å²) in [4.78, 5) is 38.9. The number of aryl methyl sites for hydroxylation is 1. The summed E-state index contributed by atoms with van der Waals surface area (Å²) >= 11 is 0. The van der Waals surface area contributed by atoms with Crippen molar-refractivity contribution in [1.29, 1.82) is 0 Å². The van der Waals surface area contributed by atoms with Crippen molar-refractivity contribution >= 4 is 17.8 Å². The standard InChI is InChI=1S/C24H35N3O4/c1-23(2,3)18-11-13-24(14-12-18)21(29)27(22(30)26-24)16-20(28)25-15-5-6-17-7-9-19(31-4)10-8-17/h7-10,18H,5-6,11-16H2,1-4H3,(H,25,28)(H,26,30). The molecule has 1 aliphatic heterocycles. The largest absolute Gasteiger partial charge is 0.497 e. The minimum atomic E-state index is -0.826. The Morgan fingerprint density at radius 2 is 1.84 bits per heavy atom. The fourth-order valence-electron chi connectivity index (χ4n) is 4.65. The van der Waals surface area contributed by atoms with Crippen LogP contribution in [0.15, 0.2) is 24.3 Å². The Hall–Kier alpha value is -2.57. The van der Waals surface area contributed by atoms with Crippen LogP contribution in [0.3, 0.4) is 0 Å². The molecule has 0 bridgehead atoms. The number of imide groups is 1. The van der Waals surface area contributed by atoms with E-state index in [1.54, 1.807) is 7.11 Å². The monoisotopic (exact) mass is 429 g/mol. The number of benzene rings is 1. The highest BCUT2D eigenvalue weighted by atomic mass is 16.5. The molecule has 7 nitrogen and oxygen atoms in total. The molecule has 1 heterocycles. The van der Waals surface area contributed by atoms with Gasteiger partial charge in [0.05, 0.1) is 7.11 Å². The van der Waals surface area contributed by atoms with E-state index < -0.39 is 11.6 Å². The molecule has 0 atom stereocenters. The molecule has 1 saturated heterocycles. The van der Waals surface area contributed by atoms with E-state index in [2.05, 4.69) is 31.4 Å². The van der Waals surface area contributed by atoms with E-state index in [-0.39, 0.29) is 23.8 Å². The number of nitrogens with one attached hydrogen (secondary N) is 2. The van der Waals surface area contributed by atoms with E-state index in [0.29, 0.717) is 25.3 Å².